The summed E-state index contributed by atoms with van der Waals surface area (Å²) in [5.74, 6) is -1.19. The number of nitrogens with one attached hydrogen (secondary N) is 1. The van der Waals surface area contributed by atoms with Crippen LogP contribution in [0.15, 0.2) is 92.2 Å². The van der Waals surface area contributed by atoms with E-state index in [1.165, 1.54) is 55.4 Å². The van der Waals surface area contributed by atoms with Crippen molar-refractivity contribution in [2.45, 2.75) is 127 Å². The number of carbonyl (C=O) groups excluding carboxylic acids is 2. The van der Waals surface area contributed by atoms with Crippen molar-refractivity contribution < 1.29 is 46.4 Å². The standard InChI is InChI=1S/C27H30FN5O3.C27H26FN5O3.C22H22FN5O/c2*1-26(2,3)36-25(34)33(4)21-9-16(28)8-18-17(21)10-20-22(18)23(27(14-29)6-7-27)19(13-30-20)15-11-31-24(35-5)32-12-15;1-25-17-6-13(23)5-15-14(17)7-18-19(15)20(22(11-24)3-4-22)16(10-26-18)12-8-27-21(29-2)28-9-12/h8-9,11-13H,6-7,10,14,29H2,1-5H3;8-9,11-13H,6-7,10H2,1-5H3;5-6,8-10,25H,3-4,7,11,24H2,1-2H3. The molecule has 6 aliphatic rings. The lowest BCUT2D eigenvalue weighted by molar-refractivity contribution is 0.0578. The number of nitrogens with zero attached hydrogens (tertiary/aromatic N) is 12. The van der Waals surface area contributed by atoms with E-state index in [1.54, 1.807) is 111 Å². The molecular weight excluding hydrogens is 1290 g/mol. The number of benzene rings is 3. The highest BCUT2D eigenvalue weighted by molar-refractivity contribution is 5.97. The summed E-state index contributed by atoms with van der Waals surface area (Å²) in [6.07, 6.45) is 21.3. The van der Waals surface area contributed by atoms with Gasteiger partial charge in [-0.15, -0.1) is 0 Å². The highest BCUT2D eigenvalue weighted by Crippen LogP contribution is 2.60. The second kappa shape index (κ2) is 26.1. The summed E-state index contributed by atoms with van der Waals surface area (Å²) in [5, 5.41) is 13.3. The molecule has 101 heavy (non-hydrogen) atoms. The molecule has 0 aliphatic heterocycles. The maximum absolute atomic E-state index is 15.1. The molecular formula is C76H78F3N15O7. The van der Waals surface area contributed by atoms with Gasteiger partial charge in [-0.3, -0.25) is 24.8 Å². The van der Waals surface area contributed by atoms with Gasteiger partial charge in [-0.1, -0.05) is 0 Å². The largest absolute Gasteiger partial charge is 0.467 e. The molecule has 0 unspecified atom stereocenters. The number of rotatable bonds is 14. The van der Waals surface area contributed by atoms with E-state index in [4.69, 9.17) is 50.1 Å². The molecule has 0 atom stereocenters. The Morgan fingerprint density at radius 2 is 0.822 bits per heavy atom. The van der Waals surface area contributed by atoms with Gasteiger partial charge in [0.2, 0.25) is 0 Å². The van der Waals surface area contributed by atoms with Crippen LogP contribution in [0, 0.1) is 28.8 Å². The summed E-state index contributed by atoms with van der Waals surface area (Å²) in [7, 11) is 9.53. The number of ether oxygens (including phenoxy) is 5. The maximum atomic E-state index is 15.1. The molecule has 520 valence electrons. The summed E-state index contributed by atoms with van der Waals surface area (Å²) in [4.78, 5) is 68.1. The number of carbonyl (C=O) groups is 2. The summed E-state index contributed by atoms with van der Waals surface area (Å²) >= 11 is 0. The number of aromatic nitrogens is 9. The predicted octanol–water partition coefficient (Wildman–Crippen LogP) is 13.1. The lowest BCUT2D eigenvalue weighted by atomic mass is 9.84. The molecule has 6 aromatic heterocycles. The Labute approximate surface area is 583 Å². The van der Waals surface area contributed by atoms with Gasteiger partial charge in [-0.2, -0.15) is 5.26 Å². The third-order valence-corrected chi connectivity index (χ3v) is 19.6. The zero-order chi connectivity index (χ0) is 71.8. The fourth-order valence-corrected chi connectivity index (χ4v) is 14.1. The summed E-state index contributed by atoms with van der Waals surface area (Å²) in [6, 6.07) is 12.2. The number of nitrogens with two attached hydrogens (primary N) is 2. The first kappa shape index (κ1) is 68.8. The number of fused-ring (bicyclic) bond motifs is 9. The van der Waals surface area contributed by atoms with Crippen molar-refractivity contribution in [3.63, 3.8) is 0 Å². The Hall–Kier alpha value is -10.7. The highest BCUT2D eigenvalue weighted by Gasteiger charge is 2.52. The Morgan fingerprint density at radius 3 is 1.13 bits per heavy atom. The third kappa shape index (κ3) is 12.8. The SMILES string of the molecule is CNc1cc(F)cc2c1Cc1ncc(-c3cnc(OC)nc3)c(C3(CN)CC3)c1-2.COc1ncc(-c2cnc3c(c2C2(C#N)CC2)-c2cc(F)cc(N(C)C(=O)OC(C)(C)C)c2C3)cn1.COc1ncc(-c2cnc3c(c2C2(CN)CC2)-c2cc(F)cc(N(C)C(=O)OC(C)(C)C)c2C3)cn1. The van der Waals surface area contributed by atoms with Crippen molar-refractivity contribution in [1.82, 2.24) is 44.9 Å². The van der Waals surface area contributed by atoms with E-state index in [0.717, 1.165) is 137 Å². The molecule has 3 saturated carbocycles. The third-order valence-electron chi connectivity index (χ3n) is 19.6. The van der Waals surface area contributed by atoms with Gasteiger partial charge < -0.3 is 40.5 Å². The summed E-state index contributed by atoms with van der Waals surface area (Å²) in [5.41, 5.74) is 29.8. The van der Waals surface area contributed by atoms with Gasteiger partial charge in [-0.25, -0.2) is 52.7 Å². The number of pyridine rings is 3. The number of anilines is 3. The monoisotopic (exact) mass is 1370 g/mol. The van der Waals surface area contributed by atoms with Crippen LogP contribution in [0.4, 0.5) is 39.8 Å². The van der Waals surface area contributed by atoms with Gasteiger partial charge in [0.05, 0.1) is 61.3 Å². The molecule has 3 aromatic carbocycles. The van der Waals surface area contributed by atoms with Crippen LogP contribution in [-0.4, -0.2) is 124 Å². The van der Waals surface area contributed by atoms with Crippen molar-refractivity contribution in [2.75, 3.05) is 70.7 Å². The maximum Gasteiger partial charge on any atom is 0.414 e. The zero-order valence-electron chi connectivity index (χ0n) is 58.5. The van der Waals surface area contributed by atoms with Crippen molar-refractivity contribution in [3.8, 4) is 90.9 Å². The van der Waals surface area contributed by atoms with Crippen LogP contribution in [0.5, 0.6) is 18.0 Å². The van der Waals surface area contributed by atoms with E-state index in [0.29, 0.717) is 73.7 Å². The molecule has 0 saturated heterocycles. The molecule has 25 heteroatoms. The molecule has 15 rings (SSSR count). The number of methoxy groups -OCH3 is 3. The lowest BCUT2D eigenvalue weighted by Crippen LogP contribution is -2.34. The number of amides is 2. The van der Waals surface area contributed by atoms with Gasteiger partial charge in [0, 0.05) is 176 Å². The number of hydrogen-bond acceptors (Lipinski definition) is 20. The minimum Gasteiger partial charge on any atom is -0.467 e. The van der Waals surface area contributed by atoms with Crippen LogP contribution in [0.25, 0.3) is 66.8 Å². The van der Waals surface area contributed by atoms with Crippen molar-refractivity contribution >= 4 is 29.2 Å². The number of halogens is 3. The van der Waals surface area contributed by atoms with Crippen molar-refractivity contribution in [1.29, 1.82) is 5.26 Å². The minimum absolute atomic E-state index is 0.115. The molecule has 5 N–H and O–H groups in total. The first-order chi connectivity index (χ1) is 48.2. The van der Waals surface area contributed by atoms with E-state index in [-0.39, 0.29) is 28.7 Å². The Bertz CT molecular complexity index is 4830. The van der Waals surface area contributed by atoms with E-state index in [9.17, 15) is 19.2 Å². The van der Waals surface area contributed by atoms with Crippen LogP contribution in [0.1, 0.15) is 131 Å². The van der Waals surface area contributed by atoms with Gasteiger partial charge in [0.1, 0.15) is 28.7 Å². The van der Waals surface area contributed by atoms with Gasteiger partial charge in [0.25, 0.3) is 0 Å². The molecule has 9 aromatic rings. The van der Waals surface area contributed by atoms with Crippen LogP contribution in [0.3, 0.4) is 0 Å². The molecule has 2 amide bonds. The van der Waals surface area contributed by atoms with Gasteiger partial charge in [-0.05, 0) is 167 Å². The molecule has 22 nitrogen and oxygen atoms in total. The molecule has 3 fully saturated rings. The fraction of sp³-hybridized carbons (Fsp3) is 0.368. The second-order valence-electron chi connectivity index (χ2n) is 28.4. The number of nitriles is 1. The van der Waals surface area contributed by atoms with E-state index >= 15 is 8.78 Å². The predicted molar refractivity (Wildman–Crippen MR) is 375 cm³/mol. The highest BCUT2D eigenvalue weighted by atomic mass is 19.1. The zero-order valence-corrected chi connectivity index (χ0v) is 58.5. The Morgan fingerprint density at radius 1 is 0.495 bits per heavy atom. The first-order valence-electron chi connectivity index (χ1n) is 33.3. The van der Waals surface area contributed by atoms with Crippen LogP contribution in [-0.2, 0) is 45.0 Å². The van der Waals surface area contributed by atoms with Crippen LogP contribution in [0.2, 0.25) is 0 Å². The Balaban J connectivity index is 0.000000136. The quantitative estimate of drug-likeness (QED) is 0.0911. The second-order valence-corrected chi connectivity index (χ2v) is 28.4. The molecule has 0 radical (unpaired) electrons. The van der Waals surface area contributed by atoms with E-state index in [2.05, 4.69) is 41.3 Å². The van der Waals surface area contributed by atoms with Gasteiger partial charge in [0.15, 0.2) is 0 Å². The minimum atomic E-state index is -0.701. The van der Waals surface area contributed by atoms with Crippen LogP contribution >= 0.6 is 0 Å². The molecule has 6 aliphatic carbocycles. The normalized spacial score (nSPS) is 15.2. The van der Waals surface area contributed by atoms with E-state index < -0.39 is 40.4 Å². The molecule has 0 bridgehead atoms. The molecule has 0 spiro atoms. The summed E-state index contributed by atoms with van der Waals surface area (Å²) < 4.78 is 70.8. The first-order valence-corrected chi connectivity index (χ1v) is 33.3. The Kier molecular flexibility index (Phi) is 17.8. The molecule has 6 heterocycles. The van der Waals surface area contributed by atoms with E-state index in [1.807, 2.05) is 19.4 Å². The average molecular weight is 1370 g/mol. The fourth-order valence-electron chi connectivity index (χ4n) is 14.1. The van der Waals surface area contributed by atoms with Crippen molar-refractivity contribution in [2.24, 2.45) is 11.5 Å². The smallest absolute Gasteiger partial charge is 0.414 e. The number of hydrogen-bond donors (Lipinski definition) is 3. The average Bonchev–Trinajstić information content (AvgIpc) is 1.57. The lowest BCUT2D eigenvalue weighted by Gasteiger charge is -2.26. The summed E-state index contributed by atoms with van der Waals surface area (Å²) in [6.45, 7) is 11.7. The van der Waals surface area contributed by atoms with Gasteiger partial charge >= 0.3 is 30.2 Å². The van der Waals surface area contributed by atoms with Crippen LogP contribution < -0.4 is 40.8 Å². The topological polar surface area (TPSA) is 291 Å². The van der Waals surface area contributed by atoms with Crippen molar-refractivity contribution in [3.05, 3.63) is 160 Å².